The number of carbonyl (C=O) groups is 3. The number of rotatable bonds is 8. The molecule has 0 spiro atoms. The van der Waals surface area contributed by atoms with Crippen molar-refractivity contribution in [2.75, 3.05) is 33.0 Å². The molecule has 4 N–H and O–H groups in total. The fourth-order valence-electron chi connectivity index (χ4n) is 8.37. The first-order valence-corrected chi connectivity index (χ1v) is 20.8. The molecular weight excluding hydrogens is 773 g/mol. The Kier molecular flexibility index (Phi) is 14.8. The number of esters is 1. The first-order valence-electron chi connectivity index (χ1n) is 19.9. The largest absolute Gasteiger partial charge is 0.459 e. The molecule has 0 radical (unpaired) electrons. The van der Waals surface area contributed by atoms with Gasteiger partial charge >= 0.3 is 5.97 Å². The van der Waals surface area contributed by atoms with Crippen LogP contribution in [0.3, 0.4) is 0 Å². The van der Waals surface area contributed by atoms with Crippen LogP contribution in [0.1, 0.15) is 80.3 Å². The minimum Gasteiger partial charge on any atom is -0.459 e. The third-order valence-electron chi connectivity index (χ3n) is 11.6. The summed E-state index contributed by atoms with van der Waals surface area (Å²) in [7, 11) is 3.71. The summed E-state index contributed by atoms with van der Waals surface area (Å²) < 4.78 is 31.9. The standard InChI is InChI=1S/C40H60N6O11S/c1-11-29-40(8,51)35-22(4)31(47)20(2)13-39(7,53-17-25(16-52-35)45-54-18-26-19-58-36(43-26)27-14-42-15-30(41)44-27)34(23(5)32(48)24(6)37(50)56-29)57-38-33(49)28(46(9)10)12-21(3)55-38/h14-15,19-24,28-29,33-35,38,49,51H,11-13,16-18H2,1-10H3,(H2,41,44)/b45-25+/t20-,21-,22+,23+,24-,28+,29-,33-,34-,35+,38+,39-,40-/m1/s1. The van der Waals surface area contributed by atoms with Crippen LogP contribution in [0, 0.1) is 23.7 Å². The van der Waals surface area contributed by atoms with E-state index in [0.29, 0.717) is 22.8 Å². The van der Waals surface area contributed by atoms with Crippen LogP contribution < -0.4 is 5.73 Å². The molecular formula is C40H60N6O11S. The Morgan fingerprint density at radius 3 is 2.45 bits per heavy atom. The second-order valence-electron chi connectivity index (χ2n) is 16.6. The number of thiazole rings is 1. The van der Waals surface area contributed by atoms with Gasteiger partial charge in [-0.3, -0.25) is 19.4 Å². The van der Waals surface area contributed by atoms with Gasteiger partial charge in [-0.25, -0.2) is 9.97 Å². The zero-order valence-electron chi connectivity index (χ0n) is 35.1. The van der Waals surface area contributed by atoms with Crippen molar-refractivity contribution in [1.29, 1.82) is 0 Å². The predicted molar refractivity (Wildman–Crippen MR) is 213 cm³/mol. The highest BCUT2D eigenvalue weighted by molar-refractivity contribution is 7.13. The summed E-state index contributed by atoms with van der Waals surface area (Å²) in [5, 5.41) is 30.5. The van der Waals surface area contributed by atoms with Crippen LogP contribution in [0.2, 0.25) is 0 Å². The average Bonchev–Trinajstić information content (AvgIpc) is 3.65. The quantitative estimate of drug-likeness (QED) is 0.197. The highest BCUT2D eigenvalue weighted by Gasteiger charge is 2.53. The van der Waals surface area contributed by atoms with Crippen LogP contribution in [-0.4, -0.2) is 135 Å². The van der Waals surface area contributed by atoms with Gasteiger partial charge in [0.05, 0.1) is 55.2 Å². The van der Waals surface area contributed by atoms with E-state index in [2.05, 4.69) is 20.1 Å². The maximum absolute atomic E-state index is 14.4. The molecule has 2 aromatic rings. The Morgan fingerprint density at radius 2 is 1.78 bits per heavy atom. The predicted octanol–water partition coefficient (Wildman–Crippen LogP) is 3.20. The number of oxime groups is 1. The molecule has 17 nitrogen and oxygen atoms in total. The van der Waals surface area contributed by atoms with Crippen molar-refractivity contribution < 1.29 is 53.1 Å². The molecule has 322 valence electrons. The molecule has 5 heterocycles. The van der Waals surface area contributed by atoms with Gasteiger partial charge in [0, 0.05) is 29.2 Å². The third kappa shape index (κ3) is 10.1. The molecule has 2 bridgehead atoms. The number of nitrogens with two attached hydrogens (primary N) is 1. The molecule has 3 aliphatic heterocycles. The zero-order valence-corrected chi connectivity index (χ0v) is 35.9. The van der Waals surface area contributed by atoms with Crippen molar-refractivity contribution in [1.82, 2.24) is 19.9 Å². The number of ether oxygens (including phenoxy) is 5. The summed E-state index contributed by atoms with van der Waals surface area (Å²) in [5.74, 6) is -5.28. The molecule has 3 fully saturated rings. The molecule has 3 saturated heterocycles. The maximum atomic E-state index is 14.4. The number of ketones is 2. The number of aliphatic hydroxyl groups is 2. The summed E-state index contributed by atoms with van der Waals surface area (Å²) in [6, 6.07) is -0.328. The number of Topliss-reactive ketones (excluding diaryl/α,β-unsaturated/α-hetero) is 2. The normalized spacial score (nSPS) is 37.8. The average molecular weight is 833 g/mol. The lowest BCUT2D eigenvalue weighted by atomic mass is 9.74. The molecule has 18 heteroatoms. The number of likely N-dealkylation sites (N-methyl/N-ethyl adjacent to an activating group) is 1. The van der Waals surface area contributed by atoms with E-state index in [4.69, 9.17) is 34.3 Å². The van der Waals surface area contributed by atoms with E-state index in [-0.39, 0.29) is 62.1 Å². The van der Waals surface area contributed by atoms with Gasteiger partial charge in [0.2, 0.25) is 0 Å². The lowest BCUT2D eigenvalue weighted by Gasteiger charge is -2.47. The minimum atomic E-state index is -1.89. The molecule has 2 aromatic heterocycles. The molecule has 0 amide bonds. The SMILES string of the molecule is CC[C@H]1OC(=O)[C@H](C)C(=O)[C@H](C)[C@@H](O[C@@H]2O[C@H](C)C[C@H](N(C)C)[C@H]2O)[C@@]2(C)C[C@@H](C)C(=O)[C@H](C)[C@H](OC/C(=N\OCc3csc(-c4cncc(N)n4)n3)CO2)[C@]1(C)O. The summed E-state index contributed by atoms with van der Waals surface area (Å²) in [6.07, 6.45) is -2.38. The van der Waals surface area contributed by atoms with Gasteiger partial charge in [0.1, 0.15) is 51.7 Å². The van der Waals surface area contributed by atoms with Crippen LogP contribution in [0.25, 0.3) is 10.7 Å². The Balaban J connectivity index is 1.57. The van der Waals surface area contributed by atoms with Crippen LogP contribution in [0.4, 0.5) is 5.82 Å². The lowest BCUT2D eigenvalue weighted by Crippen LogP contribution is -2.60. The van der Waals surface area contributed by atoms with E-state index in [9.17, 15) is 24.6 Å². The monoisotopic (exact) mass is 832 g/mol. The van der Waals surface area contributed by atoms with Crippen LogP contribution in [0.5, 0.6) is 0 Å². The van der Waals surface area contributed by atoms with E-state index >= 15 is 0 Å². The number of nitrogens with zero attached hydrogens (tertiary/aromatic N) is 5. The highest BCUT2D eigenvalue weighted by Crippen LogP contribution is 2.40. The Hall–Kier alpha value is -3.49. The van der Waals surface area contributed by atoms with E-state index in [0.717, 1.165) is 0 Å². The molecule has 13 atom stereocenters. The number of aliphatic hydroxyl groups excluding tert-OH is 1. The molecule has 0 saturated carbocycles. The van der Waals surface area contributed by atoms with Gasteiger partial charge in [-0.05, 0) is 61.1 Å². The Labute approximate surface area is 344 Å². The molecule has 3 aliphatic rings. The van der Waals surface area contributed by atoms with Crippen molar-refractivity contribution in [3.05, 3.63) is 23.5 Å². The van der Waals surface area contributed by atoms with Gasteiger partial charge in [-0.1, -0.05) is 32.9 Å². The number of anilines is 1. The van der Waals surface area contributed by atoms with Gasteiger partial charge in [0.15, 0.2) is 18.7 Å². The van der Waals surface area contributed by atoms with Gasteiger partial charge in [0.25, 0.3) is 0 Å². The first kappa shape index (κ1) is 45.6. The van der Waals surface area contributed by atoms with Crippen LogP contribution in [-0.2, 0) is 49.5 Å². The van der Waals surface area contributed by atoms with Gasteiger partial charge in [-0.2, -0.15) is 0 Å². The number of hydrogen-bond acceptors (Lipinski definition) is 18. The lowest BCUT2D eigenvalue weighted by molar-refractivity contribution is -0.296. The first-order chi connectivity index (χ1) is 27.3. The van der Waals surface area contributed by atoms with Crippen molar-refractivity contribution in [3.8, 4) is 10.7 Å². The van der Waals surface area contributed by atoms with Crippen molar-refractivity contribution in [2.45, 2.75) is 135 Å². The Morgan fingerprint density at radius 1 is 1.05 bits per heavy atom. The number of nitrogen functional groups attached to an aromatic ring is 1. The van der Waals surface area contributed by atoms with Crippen LogP contribution >= 0.6 is 11.3 Å². The smallest absolute Gasteiger partial charge is 0.316 e. The number of carbonyl (C=O) groups excluding carboxylic acids is 3. The molecule has 0 unspecified atom stereocenters. The fourth-order valence-corrected chi connectivity index (χ4v) is 9.12. The minimum absolute atomic E-state index is 0.0365. The van der Waals surface area contributed by atoms with E-state index in [1.165, 1.54) is 31.4 Å². The number of hydrogen-bond donors (Lipinski definition) is 3. The van der Waals surface area contributed by atoms with E-state index < -0.39 is 77.3 Å². The van der Waals surface area contributed by atoms with E-state index in [1.807, 2.05) is 25.9 Å². The number of fused-ring (bicyclic) bond motifs is 5. The second-order valence-corrected chi connectivity index (χ2v) is 17.5. The molecule has 0 aromatic carbocycles. The second kappa shape index (κ2) is 18.8. The zero-order chi connectivity index (χ0) is 42.7. The van der Waals surface area contributed by atoms with Crippen molar-refractivity contribution in [2.24, 2.45) is 28.8 Å². The molecule has 5 rings (SSSR count). The number of aromatic nitrogens is 3. The highest BCUT2D eigenvalue weighted by atomic mass is 32.1. The van der Waals surface area contributed by atoms with Crippen molar-refractivity contribution in [3.63, 3.8) is 0 Å². The summed E-state index contributed by atoms with van der Waals surface area (Å²) in [4.78, 5) is 63.2. The van der Waals surface area contributed by atoms with E-state index in [1.54, 1.807) is 46.2 Å². The van der Waals surface area contributed by atoms with Crippen LogP contribution in [0.15, 0.2) is 22.9 Å². The van der Waals surface area contributed by atoms with Gasteiger partial charge in [-0.15, -0.1) is 11.3 Å². The number of cyclic esters (lactones) is 1. The summed E-state index contributed by atoms with van der Waals surface area (Å²) >= 11 is 1.34. The summed E-state index contributed by atoms with van der Waals surface area (Å²) in [5.41, 5.74) is 3.81. The Bertz CT molecular complexity index is 1790. The molecule has 58 heavy (non-hydrogen) atoms. The topological polar surface area (TPSA) is 227 Å². The summed E-state index contributed by atoms with van der Waals surface area (Å²) in [6.45, 7) is 12.8. The molecule has 0 aliphatic carbocycles. The van der Waals surface area contributed by atoms with Gasteiger partial charge < -0.3 is 49.4 Å². The van der Waals surface area contributed by atoms with Crippen molar-refractivity contribution >= 4 is 40.4 Å². The maximum Gasteiger partial charge on any atom is 0.316 e. The fraction of sp³-hybridized carbons (Fsp3) is 0.725. The third-order valence-corrected chi connectivity index (χ3v) is 12.5.